The van der Waals surface area contributed by atoms with E-state index in [1.54, 1.807) is 6.07 Å². The highest BCUT2D eigenvalue weighted by Gasteiger charge is 2.05. The van der Waals surface area contributed by atoms with Gasteiger partial charge in [0.15, 0.2) is 0 Å². The monoisotopic (exact) mass is 248 g/mol. The minimum absolute atomic E-state index is 0.376. The minimum Gasteiger partial charge on any atom is -0.507 e. The summed E-state index contributed by atoms with van der Waals surface area (Å²) >= 11 is 0. The molecule has 1 heteroatoms. The molecule has 1 nitrogen and oxygen atoms in total. The quantitative estimate of drug-likeness (QED) is 0.731. The number of benzene rings is 3. The van der Waals surface area contributed by atoms with Gasteiger partial charge in [0, 0.05) is 5.39 Å². The van der Waals surface area contributed by atoms with Crippen LogP contribution < -0.4 is 0 Å². The Morgan fingerprint density at radius 2 is 1.42 bits per heavy atom. The smallest absolute Gasteiger partial charge is 0.123 e. The van der Waals surface area contributed by atoms with Gasteiger partial charge in [-0.25, -0.2) is 0 Å². The van der Waals surface area contributed by atoms with Crippen LogP contribution in [0.1, 0.15) is 11.1 Å². The first-order chi connectivity index (χ1) is 9.34. The molecule has 0 aliphatic carbocycles. The molecule has 0 saturated heterocycles. The Bertz CT molecular complexity index is 681. The molecule has 19 heavy (non-hydrogen) atoms. The molecule has 3 aromatic carbocycles. The second-order valence-electron chi connectivity index (χ2n) is 4.78. The van der Waals surface area contributed by atoms with E-state index in [0.717, 1.165) is 23.6 Å². The lowest BCUT2D eigenvalue weighted by Gasteiger charge is -2.08. The molecular formula is C18H16O. The maximum absolute atomic E-state index is 10.0. The van der Waals surface area contributed by atoms with Gasteiger partial charge >= 0.3 is 0 Å². The first kappa shape index (κ1) is 11.8. The Balaban J connectivity index is 1.93. The van der Waals surface area contributed by atoms with Crippen molar-refractivity contribution in [3.05, 3.63) is 77.9 Å². The molecule has 0 spiro atoms. The number of phenols is 1. The predicted molar refractivity (Wildman–Crippen MR) is 79.5 cm³/mol. The number of phenolic OH excluding ortho intramolecular Hbond substituents is 1. The molecule has 0 aliphatic heterocycles. The summed E-state index contributed by atoms with van der Waals surface area (Å²) in [5.74, 6) is 0.376. The Hall–Kier alpha value is -2.28. The molecule has 0 saturated carbocycles. The van der Waals surface area contributed by atoms with Gasteiger partial charge in [-0.1, -0.05) is 60.7 Å². The minimum atomic E-state index is 0.376. The van der Waals surface area contributed by atoms with Crippen LogP contribution in [0.25, 0.3) is 10.8 Å². The van der Waals surface area contributed by atoms with Crippen molar-refractivity contribution in [2.45, 2.75) is 12.8 Å². The van der Waals surface area contributed by atoms with Crippen LogP contribution in [0.15, 0.2) is 66.7 Å². The van der Waals surface area contributed by atoms with Gasteiger partial charge in [-0.2, -0.15) is 0 Å². The van der Waals surface area contributed by atoms with Gasteiger partial charge in [0.1, 0.15) is 5.75 Å². The van der Waals surface area contributed by atoms with E-state index < -0.39 is 0 Å². The molecular weight excluding hydrogens is 232 g/mol. The molecule has 0 aromatic heterocycles. The van der Waals surface area contributed by atoms with Crippen LogP contribution in [0.4, 0.5) is 0 Å². The van der Waals surface area contributed by atoms with Crippen molar-refractivity contribution in [2.24, 2.45) is 0 Å². The zero-order valence-corrected chi connectivity index (χ0v) is 10.7. The summed E-state index contributed by atoms with van der Waals surface area (Å²) in [7, 11) is 0. The zero-order valence-electron chi connectivity index (χ0n) is 10.7. The number of hydrogen-bond donors (Lipinski definition) is 1. The highest BCUT2D eigenvalue weighted by Crippen LogP contribution is 2.28. The molecule has 0 unspecified atom stereocenters. The van der Waals surface area contributed by atoms with E-state index in [1.807, 2.05) is 24.3 Å². The van der Waals surface area contributed by atoms with Crippen molar-refractivity contribution in [3.8, 4) is 5.75 Å². The molecule has 1 N–H and O–H groups in total. The lowest BCUT2D eigenvalue weighted by Crippen LogP contribution is -1.92. The number of aryl methyl sites for hydroxylation is 2. The van der Waals surface area contributed by atoms with Gasteiger partial charge in [0.2, 0.25) is 0 Å². The lowest BCUT2D eigenvalue weighted by molar-refractivity contribution is 0.481. The molecule has 0 aliphatic rings. The summed E-state index contributed by atoms with van der Waals surface area (Å²) in [6.45, 7) is 0. The SMILES string of the molecule is Oc1cccc2cccc(CCc3ccccc3)c12. The van der Waals surface area contributed by atoms with Gasteiger partial charge in [0.25, 0.3) is 0 Å². The van der Waals surface area contributed by atoms with Gasteiger partial charge in [-0.15, -0.1) is 0 Å². The molecule has 3 aromatic rings. The van der Waals surface area contributed by atoms with E-state index in [9.17, 15) is 5.11 Å². The van der Waals surface area contributed by atoms with Crippen LogP contribution in [0.3, 0.4) is 0 Å². The first-order valence-corrected chi connectivity index (χ1v) is 6.58. The third-order valence-electron chi connectivity index (χ3n) is 3.49. The molecule has 0 heterocycles. The second kappa shape index (κ2) is 5.15. The lowest BCUT2D eigenvalue weighted by atomic mass is 9.98. The predicted octanol–water partition coefficient (Wildman–Crippen LogP) is 4.33. The fourth-order valence-electron chi connectivity index (χ4n) is 2.53. The van der Waals surface area contributed by atoms with Crippen LogP contribution in [0.2, 0.25) is 0 Å². The van der Waals surface area contributed by atoms with Gasteiger partial charge in [-0.05, 0) is 35.4 Å². The summed E-state index contributed by atoms with van der Waals surface area (Å²) in [6, 6.07) is 22.3. The van der Waals surface area contributed by atoms with E-state index in [2.05, 4.69) is 36.4 Å². The van der Waals surface area contributed by atoms with Crippen molar-refractivity contribution in [2.75, 3.05) is 0 Å². The Morgan fingerprint density at radius 1 is 0.684 bits per heavy atom. The number of hydrogen-bond acceptors (Lipinski definition) is 1. The standard InChI is InChI=1S/C18H16O/c19-17-11-5-10-15-8-4-9-16(18(15)17)13-12-14-6-2-1-3-7-14/h1-11,19H,12-13H2. The number of fused-ring (bicyclic) bond motifs is 1. The van der Waals surface area contributed by atoms with Crippen molar-refractivity contribution < 1.29 is 5.11 Å². The second-order valence-corrected chi connectivity index (χ2v) is 4.78. The van der Waals surface area contributed by atoms with Gasteiger partial charge in [-0.3, -0.25) is 0 Å². The van der Waals surface area contributed by atoms with E-state index in [-0.39, 0.29) is 0 Å². The first-order valence-electron chi connectivity index (χ1n) is 6.58. The number of aromatic hydroxyl groups is 1. The highest BCUT2D eigenvalue weighted by molar-refractivity contribution is 5.91. The fourth-order valence-corrected chi connectivity index (χ4v) is 2.53. The van der Waals surface area contributed by atoms with E-state index in [1.165, 1.54) is 11.1 Å². The summed E-state index contributed by atoms with van der Waals surface area (Å²) in [6.07, 6.45) is 1.94. The van der Waals surface area contributed by atoms with E-state index in [4.69, 9.17) is 0 Å². The maximum Gasteiger partial charge on any atom is 0.123 e. The summed E-state index contributed by atoms with van der Waals surface area (Å²) in [5.41, 5.74) is 2.54. The zero-order chi connectivity index (χ0) is 13.1. The summed E-state index contributed by atoms with van der Waals surface area (Å²) < 4.78 is 0. The largest absolute Gasteiger partial charge is 0.507 e. The summed E-state index contributed by atoms with van der Waals surface area (Å²) in [5, 5.41) is 12.1. The van der Waals surface area contributed by atoms with Crippen LogP contribution in [-0.2, 0) is 12.8 Å². The number of rotatable bonds is 3. The molecule has 94 valence electrons. The average molecular weight is 248 g/mol. The third kappa shape index (κ3) is 2.45. The molecule has 0 fully saturated rings. The normalized spacial score (nSPS) is 10.7. The van der Waals surface area contributed by atoms with E-state index >= 15 is 0 Å². The van der Waals surface area contributed by atoms with E-state index in [0.29, 0.717) is 5.75 Å². The molecule has 0 atom stereocenters. The van der Waals surface area contributed by atoms with Crippen molar-refractivity contribution in [1.29, 1.82) is 0 Å². The van der Waals surface area contributed by atoms with Crippen molar-refractivity contribution >= 4 is 10.8 Å². The van der Waals surface area contributed by atoms with Crippen LogP contribution >= 0.6 is 0 Å². The highest BCUT2D eigenvalue weighted by atomic mass is 16.3. The molecule has 0 radical (unpaired) electrons. The third-order valence-corrected chi connectivity index (χ3v) is 3.49. The molecule has 0 amide bonds. The van der Waals surface area contributed by atoms with Crippen LogP contribution in [-0.4, -0.2) is 5.11 Å². The Kier molecular flexibility index (Phi) is 3.20. The topological polar surface area (TPSA) is 20.2 Å². The van der Waals surface area contributed by atoms with Gasteiger partial charge in [0.05, 0.1) is 0 Å². The fraction of sp³-hybridized carbons (Fsp3) is 0.111. The Labute approximate surface area is 113 Å². The van der Waals surface area contributed by atoms with Crippen LogP contribution in [0, 0.1) is 0 Å². The maximum atomic E-state index is 10.0. The molecule has 3 rings (SSSR count). The van der Waals surface area contributed by atoms with Gasteiger partial charge < -0.3 is 5.11 Å². The van der Waals surface area contributed by atoms with Crippen molar-refractivity contribution in [3.63, 3.8) is 0 Å². The van der Waals surface area contributed by atoms with Crippen LogP contribution in [0.5, 0.6) is 5.75 Å². The summed E-state index contributed by atoms with van der Waals surface area (Å²) in [4.78, 5) is 0. The average Bonchev–Trinajstić information content (AvgIpc) is 2.46. The Morgan fingerprint density at radius 3 is 2.21 bits per heavy atom. The van der Waals surface area contributed by atoms with Crippen molar-refractivity contribution in [1.82, 2.24) is 0 Å². The molecule has 0 bridgehead atoms.